The topological polar surface area (TPSA) is 42.0 Å². The van der Waals surface area contributed by atoms with Crippen LogP contribution in [0.1, 0.15) is 19.4 Å². The van der Waals surface area contributed by atoms with Gasteiger partial charge in [-0.1, -0.05) is 25.4 Å². The van der Waals surface area contributed by atoms with Crippen LogP contribution in [0.5, 0.6) is 0 Å². The van der Waals surface area contributed by atoms with Crippen LogP contribution in [0.2, 0.25) is 5.02 Å². The van der Waals surface area contributed by atoms with Crippen LogP contribution in [0.25, 0.3) is 10.9 Å². The van der Waals surface area contributed by atoms with Crippen molar-refractivity contribution in [1.29, 1.82) is 0 Å². The average molecular weight is 263 g/mol. The second-order valence-electron chi connectivity index (χ2n) is 4.57. The van der Waals surface area contributed by atoms with Gasteiger partial charge in [-0.2, -0.15) is 0 Å². The monoisotopic (exact) mass is 262 g/mol. The number of hydrogen-bond acceptors (Lipinski definition) is 2. The molecule has 0 aliphatic rings. The van der Waals surface area contributed by atoms with Crippen LogP contribution in [-0.4, -0.2) is 10.9 Å². The minimum Gasteiger partial charge on any atom is -0.325 e. The molecule has 94 valence electrons. The van der Waals surface area contributed by atoms with Crippen LogP contribution in [0.4, 0.5) is 5.69 Å². The summed E-state index contributed by atoms with van der Waals surface area (Å²) in [6.45, 7) is 5.65. The maximum absolute atomic E-state index is 11.8. The van der Waals surface area contributed by atoms with E-state index in [1.165, 1.54) is 0 Å². The van der Waals surface area contributed by atoms with Crippen molar-refractivity contribution in [1.82, 2.24) is 4.98 Å². The average Bonchev–Trinajstić information content (AvgIpc) is 2.34. The molecule has 1 heterocycles. The third-order valence-electron chi connectivity index (χ3n) is 2.88. The summed E-state index contributed by atoms with van der Waals surface area (Å²) >= 11 is 6.07. The largest absolute Gasteiger partial charge is 0.325 e. The highest BCUT2D eigenvalue weighted by atomic mass is 35.5. The normalized spacial score (nSPS) is 10.9. The maximum atomic E-state index is 11.8. The van der Waals surface area contributed by atoms with Gasteiger partial charge in [-0.25, -0.2) is 0 Å². The molecular formula is C14H15ClN2O. The van der Waals surface area contributed by atoms with E-state index in [1.807, 2.05) is 32.9 Å². The Balaban J connectivity index is 2.53. The number of aryl methyl sites for hydroxylation is 1. The number of carbonyl (C=O) groups is 1. The quantitative estimate of drug-likeness (QED) is 0.895. The van der Waals surface area contributed by atoms with E-state index >= 15 is 0 Å². The van der Waals surface area contributed by atoms with Gasteiger partial charge in [-0.05, 0) is 30.7 Å². The predicted molar refractivity (Wildman–Crippen MR) is 75.0 cm³/mol. The SMILES string of the molecule is Cc1c(Cl)ccc2c(NC(=O)C(C)C)ccnc12. The van der Waals surface area contributed by atoms with Crippen molar-refractivity contribution in [2.75, 3.05) is 5.32 Å². The van der Waals surface area contributed by atoms with Gasteiger partial charge in [0.05, 0.1) is 11.2 Å². The van der Waals surface area contributed by atoms with Crippen molar-refractivity contribution in [3.63, 3.8) is 0 Å². The van der Waals surface area contributed by atoms with Crippen LogP contribution in [-0.2, 0) is 4.79 Å². The number of nitrogens with one attached hydrogen (secondary N) is 1. The molecule has 2 aromatic rings. The molecule has 0 spiro atoms. The molecule has 0 saturated heterocycles. The van der Waals surface area contributed by atoms with Crippen LogP contribution in [0, 0.1) is 12.8 Å². The van der Waals surface area contributed by atoms with E-state index in [-0.39, 0.29) is 11.8 Å². The van der Waals surface area contributed by atoms with Crippen molar-refractivity contribution in [3.8, 4) is 0 Å². The zero-order chi connectivity index (χ0) is 13.3. The first-order valence-corrected chi connectivity index (χ1v) is 6.23. The summed E-state index contributed by atoms with van der Waals surface area (Å²) in [4.78, 5) is 16.1. The fourth-order valence-corrected chi connectivity index (χ4v) is 1.87. The van der Waals surface area contributed by atoms with Crippen LogP contribution in [0.15, 0.2) is 24.4 Å². The highest BCUT2D eigenvalue weighted by molar-refractivity contribution is 6.32. The Bertz CT molecular complexity index is 608. The van der Waals surface area contributed by atoms with E-state index in [4.69, 9.17) is 11.6 Å². The highest BCUT2D eigenvalue weighted by Crippen LogP contribution is 2.28. The molecule has 1 aromatic carbocycles. The summed E-state index contributed by atoms with van der Waals surface area (Å²) in [5, 5.41) is 4.50. The summed E-state index contributed by atoms with van der Waals surface area (Å²) < 4.78 is 0. The molecule has 0 bridgehead atoms. The van der Waals surface area contributed by atoms with Gasteiger partial charge >= 0.3 is 0 Å². The zero-order valence-electron chi connectivity index (χ0n) is 10.6. The van der Waals surface area contributed by atoms with Gasteiger partial charge in [0.1, 0.15) is 0 Å². The number of halogens is 1. The minimum absolute atomic E-state index is 0.00453. The summed E-state index contributed by atoms with van der Waals surface area (Å²) in [5.74, 6) is -0.0586. The van der Waals surface area contributed by atoms with Gasteiger partial charge in [0.25, 0.3) is 0 Å². The Morgan fingerprint density at radius 1 is 1.33 bits per heavy atom. The number of anilines is 1. The molecule has 0 saturated carbocycles. The van der Waals surface area contributed by atoms with Crippen molar-refractivity contribution in [2.45, 2.75) is 20.8 Å². The van der Waals surface area contributed by atoms with Crippen LogP contribution in [0.3, 0.4) is 0 Å². The first kappa shape index (κ1) is 12.8. The van der Waals surface area contributed by atoms with E-state index < -0.39 is 0 Å². The van der Waals surface area contributed by atoms with Gasteiger partial charge in [-0.3, -0.25) is 9.78 Å². The van der Waals surface area contributed by atoms with Crippen molar-refractivity contribution < 1.29 is 4.79 Å². The number of pyridine rings is 1. The molecular weight excluding hydrogens is 248 g/mol. The molecule has 1 N–H and O–H groups in total. The number of rotatable bonds is 2. The lowest BCUT2D eigenvalue weighted by atomic mass is 10.1. The fourth-order valence-electron chi connectivity index (χ4n) is 1.72. The van der Waals surface area contributed by atoms with E-state index in [0.717, 1.165) is 22.2 Å². The second kappa shape index (κ2) is 4.94. The Labute approximate surface area is 111 Å². The molecule has 1 amide bonds. The second-order valence-corrected chi connectivity index (χ2v) is 4.98. The van der Waals surface area contributed by atoms with E-state index in [0.29, 0.717) is 5.02 Å². The number of fused-ring (bicyclic) bond motifs is 1. The Morgan fingerprint density at radius 2 is 2.06 bits per heavy atom. The number of hydrogen-bond donors (Lipinski definition) is 1. The van der Waals surface area contributed by atoms with Crippen molar-refractivity contribution in [2.24, 2.45) is 5.92 Å². The van der Waals surface area contributed by atoms with E-state index in [1.54, 1.807) is 12.3 Å². The lowest BCUT2D eigenvalue weighted by molar-refractivity contribution is -0.118. The Hall–Kier alpha value is -1.61. The zero-order valence-corrected chi connectivity index (χ0v) is 11.4. The number of amides is 1. The number of benzene rings is 1. The van der Waals surface area contributed by atoms with Gasteiger partial charge in [0, 0.05) is 22.5 Å². The predicted octanol–water partition coefficient (Wildman–Crippen LogP) is 3.79. The smallest absolute Gasteiger partial charge is 0.226 e. The fraction of sp³-hybridized carbons (Fsp3) is 0.286. The molecule has 0 aliphatic carbocycles. The van der Waals surface area contributed by atoms with Gasteiger partial charge in [0.15, 0.2) is 0 Å². The van der Waals surface area contributed by atoms with Gasteiger partial charge < -0.3 is 5.32 Å². The number of aromatic nitrogens is 1. The Morgan fingerprint density at radius 3 is 2.72 bits per heavy atom. The molecule has 0 aliphatic heterocycles. The molecule has 0 atom stereocenters. The maximum Gasteiger partial charge on any atom is 0.226 e. The highest BCUT2D eigenvalue weighted by Gasteiger charge is 2.11. The summed E-state index contributed by atoms with van der Waals surface area (Å²) in [6, 6.07) is 5.51. The first-order chi connectivity index (χ1) is 8.50. The molecule has 4 heteroatoms. The van der Waals surface area contributed by atoms with Gasteiger partial charge in [0.2, 0.25) is 5.91 Å². The van der Waals surface area contributed by atoms with Crippen LogP contribution >= 0.6 is 11.6 Å². The van der Waals surface area contributed by atoms with E-state index in [2.05, 4.69) is 10.3 Å². The lowest BCUT2D eigenvalue weighted by Gasteiger charge is -2.11. The number of carbonyl (C=O) groups excluding carboxylic acids is 1. The summed E-state index contributed by atoms with van der Waals surface area (Å²) in [6.07, 6.45) is 1.68. The summed E-state index contributed by atoms with van der Waals surface area (Å²) in [7, 11) is 0. The molecule has 1 aromatic heterocycles. The molecule has 3 nitrogen and oxygen atoms in total. The van der Waals surface area contributed by atoms with Crippen molar-refractivity contribution in [3.05, 3.63) is 35.0 Å². The molecule has 0 radical (unpaired) electrons. The number of nitrogens with zero attached hydrogens (tertiary/aromatic N) is 1. The third kappa shape index (κ3) is 2.31. The van der Waals surface area contributed by atoms with Crippen LogP contribution < -0.4 is 5.32 Å². The van der Waals surface area contributed by atoms with Crippen molar-refractivity contribution >= 4 is 34.1 Å². The summed E-state index contributed by atoms with van der Waals surface area (Å²) in [5.41, 5.74) is 2.53. The molecule has 18 heavy (non-hydrogen) atoms. The molecule has 0 fully saturated rings. The minimum atomic E-state index is -0.0541. The van der Waals surface area contributed by atoms with Gasteiger partial charge in [-0.15, -0.1) is 0 Å². The molecule has 2 rings (SSSR count). The first-order valence-electron chi connectivity index (χ1n) is 5.85. The standard InChI is InChI=1S/C14H15ClN2O/c1-8(2)14(18)17-12-6-7-16-13-9(3)11(15)5-4-10(12)13/h4-8H,1-3H3,(H,16,17,18). The Kier molecular flexibility index (Phi) is 3.53. The molecule has 0 unspecified atom stereocenters. The lowest BCUT2D eigenvalue weighted by Crippen LogP contribution is -2.18. The van der Waals surface area contributed by atoms with E-state index in [9.17, 15) is 4.79 Å². The third-order valence-corrected chi connectivity index (χ3v) is 3.29.